The lowest BCUT2D eigenvalue weighted by atomic mass is 10.1. The van der Waals surface area contributed by atoms with Gasteiger partial charge >= 0.3 is 0 Å². The Kier molecular flexibility index (Phi) is 9.40. The maximum absolute atomic E-state index is 13.1. The lowest BCUT2D eigenvalue weighted by Gasteiger charge is -2.44. The summed E-state index contributed by atoms with van der Waals surface area (Å²) in [5.41, 5.74) is 2.16. The number of nitrogens with zero attached hydrogens (tertiary/aromatic N) is 4. The van der Waals surface area contributed by atoms with Crippen LogP contribution in [0.3, 0.4) is 0 Å². The molecule has 9 heteroatoms. The van der Waals surface area contributed by atoms with Gasteiger partial charge in [0.1, 0.15) is 11.6 Å². The minimum absolute atomic E-state index is 0.0862. The predicted octanol–water partition coefficient (Wildman–Crippen LogP) is 3.22. The fraction of sp³-hybridized carbons (Fsp3) is 0.379. The minimum atomic E-state index is -0.109. The van der Waals surface area contributed by atoms with Gasteiger partial charge in [-0.3, -0.25) is 19.4 Å². The molecule has 2 amide bonds. The molecule has 3 aromatic rings. The third kappa shape index (κ3) is 7.84. The molecule has 2 aromatic carbocycles. The van der Waals surface area contributed by atoms with Crippen LogP contribution in [0.1, 0.15) is 26.3 Å². The molecular weight excluding hydrogens is 478 g/mol. The van der Waals surface area contributed by atoms with Crippen molar-refractivity contribution in [2.45, 2.75) is 39.4 Å². The van der Waals surface area contributed by atoms with Gasteiger partial charge in [-0.15, -0.1) is 0 Å². The largest absolute Gasteiger partial charge is 0.368 e. The summed E-state index contributed by atoms with van der Waals surface area (Å²) in [5, 5.41) is 8.94. The molecule has 9 nitrogen and oxygen atoms in total. The van der Waals surface area contributed by atoms with Crippen molar-refractivity contribution in [3.05, 3.63) is 72.3 Å². The first-order valence-corrected chi connectivity index (χ1v) is 13.1. The SMILES string of the molecule is CC(=O)NCCNc1cc(NC(=O)CN2CC(C)N(Cc3ccccc3)C(C)C2)nc(-c2ccccc2)n1. The molecule has 2 heterocycles. The van der Waals surface area contributed by atoms with Gasteiger partial charge < -0.3 is 16.0 Å². The van der Waals surface area contributed by atoms with Gasteiger partial charge in [-0.25, -0.2) is 9.97 Å². The molecule has 0 aliphatic carbocycles. The van der Waals surface area contributed by atoms with Crippen LogP contribution in [0, 0.1) is 0 Å². The summed E-state index contributed by atoms with van der Waals surface area (Å²) in [4.78, 5) is 38.1. The molecule has 1 fully saturated rings. The first-order chi connectivity index (χ1) is 18.4. The summed E-state index contributed by atoms with van der Waals surface area (Å²) in [5.74, 6) is 1.34. The van der Waals surface area contributed by atoms with Crippen molar-refractivity contribution in [3.63, 3.8) is 0 Å². The number of hydrogen-bond acceptors (Lipinski definition) is 7. The van der Waals surface area contributed by atoms with Gasteiger partial charge in [-0.1, -0.05) is 60.7 Å². The quantitative estimate of drug-likeness (QED) is 0.356. The fourth-order valence-corrected chi connectivity index (χ4v) is 4.83. The molecule has 1 aliphatic rings. The van der Waals surface area contributed by atoms with E-state index in [1.807, 2.05) is 36.4 Å². The minimum Gasteiger partial charge on any atom is -0.368 e. The van der Waals surface area contributed by atoms with E-state index in [9.17, 15) is 9.59 Å². The highest BCUT2D eigenvalue weighted by Crippen LogP contribution is 2.21. The first-order valence-electron chi connectivity index (χ1n) is 13.1. The van der Waals surface area contributed by atoms with Crippen molar-refractivity contribution in [1.29, 1.82) is 0 Å². The second-order valence-corrected chi connectivity index (χ2v) is 9.84. The van der Waals surface area contributed by atoms with E-state index in [-0.39, 0.29) is 11.8 Å². The van der Waals surface area contributed by atoms with Crippen LogP contribution in [0.15, 0.2) is 66.7 Å². The number of carbonyl (C=O) groups is 2. The highest BCUT2D eigenvalue weighted by molar-refractivity contribution is 5.92. The normalized spacial score (nSPS) is 18.1. The number of benzene rings is 2. The maximum atomic E-state index is 13.1. The number of nitrogens with one attached hydrogen (secondary N) is 3. The van der Waals surface area contributed by atoms with Gasteiger partial charge in [0, 0.05) is 63.4 Å². The van der Waals surface area contributed by atoms with Crippen LogP contribution >= 0.6 is 0 Å². The summed E-state index contributed by atoms with van der Waals surface area (Å²) >= 11 is 0. The van der Waals surface area contributed by atoms with E-state index in [2.05, 4.69) is 73.8 Å². The molecule has 0 bridgehead atoms. The zero-order chi connectivity index (χ0) is 26.9. The van der Waals surface area contributed by atoms with Crippen molar-refractivity contribution in [2.24, 2.45) is 0 Å². The maximum Gasteiger partial charge on any atom is 0.239 e. The molecule has 0 saturated carbocycles. The molecular formula is C29H37N7O2. The van der Waals surface area contributed by atoms with E-state index in [4.69, 9.17) is 0 Å². The molecule has 0 spiro atoms. The number of rotatable bonds is 10. The third-order valence-corrected chi connectivity index (χ3v) is 6.58. The Bertz CT molecular complexity index is 1190. The second kappa shape index (κ2) is 13.1. The van der Waals surface area contributed by atoms with Crippen LogP contribution in [0.2, 0.25) is 0 Å². The lowest BCUT2D eigenvalue weighted by Crippen LogP contribution is -2.57. The van der Waals surface area contributed by atoms with Crippen LogP contribution in [0.4, 0.5) is 11.6 Å². The van der Waals surface area contributed by atoms with Gasteiger partial charge in [0.05, 0.1) is 6.54 Å². The molecule has 38 heavy (non-hydrogen) atoms. The van der Waals surface area contributed by atoms with Gasteiger partial charge in [-0.05, 0) is 19.4 Å². The summed E-state index contributed by atoms with van der Waals surface area (Å²) in [6.45, 7) is 9.73. The van der Waals surface area contributed by atoms with Crippen LogP contribution in [-0.4, -0.2) is 76.4 Å². The highest BCUT2D eigenvalue weighted by Gasteiger charge is 2.30. The molecule has 2 atom stereocenters. The van der Waals surface area contributed by atoms with E-state index in [1.54, 1.807) is 6.07 Å². The smallest absolute Gasteiger partial charge is 0.239 e. The highest BCUT2D eigenvalue weighted by atomic mass is 16.2. The van der Waals surface area contributed by atoms with E-state index < -0.39 is 0 Å². The van der Waals surface area contributed by atoms with Crippen LogP contribution in [-0.2, 0) is 16.1 Å². The van der Waals surface area contributed by atoms with E-state index >= 15 is 0 Å². The topological polar surface area (TPSA) is 102 Å². The third-order valence-electron chi connectivity index (χ3n) is 6.58. The Morgan fingerprint density at radius 3 is 2.18 bits per heavy atom. The molecule has 4 rings (SSSR count). The zero-order valence-electron chi connectivity index (χ0n) is 22.4. The van der Waals surface area contributed by atoms with Gasteiger partial charge in [0.15, 0.2) is 5.82 Å². The first kappa shape index (κ1) is 27.2. The molecule has 0 radical (unpaired) electrons. The number of carbonyl (C=O) groups excluding carboxylic acids is 2. The van der Waals surface area contributed by atoms with Gasteiger partial charge in [-0.2, -0.15) is 0 Å². The van der Waals surface area contributed by atoms with Crippen molar-refractivity contribution in [1.82, 2.24) is 25.1 Å². The number of amides is 2. The van der Waals surface area contributed by atoms with E-state index in [0.29, 0.717) is 49.2 Å². The monoisotopic (exact) mass is 515 g/mol. The van der Waals surface area contributed by atoms with Crippen molar-refractivity contribution in [2.75, 3.05) is 43.4 Å². The number of aromatic nitrogens is 2. The summed E-state index contributed by atoms with van der Waals surface area (Å²) in [6, 6.07) is 22.5. The average molecular weight is 516 g/mol. The molecule has 1 aromatic heterocycles. The Morgan fingerprint density at radius 1 is 0.895 bits per heavy atom. The number of anilines is 2. The number of hydrogen-bond donors (Lipinski definition) is 3. The average Bonchev–Trinajstić information content (AvgIpc) is 2.89. The standard InChI is InChI=1S/C29H37N7O2/c1-21-17-35(18-22(2)36(21)19-24-10-6-4-7-11-24)20-28(38)32-27-16-26(31-15-14-30-23(3)37)33-29(34-27)25-12-8-5-9-13-25/h4-13,16,21-22H,14-15,17-20H2,1-3H3,(H,30,37)(H2,31,32,33,34,38). The molecule has 3 N–H and O–H groups in total. The molecule has 1 saturated heterocycles. The molecule has 1 aliphatic heterocycles. The molecule has 200 valence electrons. The van der Waals surface area contributed by atoms with Crippen molar-refractivity contribution >= 4 is 23.5 Å². The zero-order valence-corrected chi connectivity index (χ0v) is 22.4. The van der Waals surface area contributed by atoms with Crippen LogP contribution in [0.25, 0.3) is 11.4 Å². The number of piperazine rings is 1. The lowest BCUT2D eigenvalue weighted by molar-refractivity contribution is -0.119. The Hall–Kier alpha value is -3.82. The van der Waals surface area contributed by atoms with Crippen molar-refractivity contribution in [3.8, 4) is 11.4 Å². The Morgan fingerprint density at radius 2 is 1.53 bits per heavy atom. The second-order valence-electron chi connectivity index (χ2n) is 9.84. The predicted molar refractivity (Wildman–Crippen MR) is 151 cm³/mol. The summed E-state index contributed by atoms with van der Waals surface area (Å²) in [6.07, 6.45) is 0. The van der Waals surface area contributed by atoms with Crippen LogP contribution in [0.5, 0.6) is 0 Å². The van der Waals surface area contributed by atoms with Gasteiger partial charge in [0.25, 0.3) is 0 Å². The summed E-state index contributed by atoms with van der Waals surface area (Å²) in [7, 11) is 0. The van der Waals surface area contributed by atoms with Crippen molar-refractivity contribution < 1.29 is 9.59 Å². The van der Waals surface area contributed by atoms with Crippen LogP contribution < -0.4 is 16.0 Å². The van der Waals surface area contributed by atoms with Gasteiger partial charge in [0.2, 0.25) is 11.8 Å². The molecule has 2 unspecified atom stereocenters. The van der Waals surface area contributed by atoms with E-state index in [1.165, 1.54) is 12.5 Å². The fourth-order valence-electron chi connectivity index (χ4n) is 4.83. The Balaban J connectivity index is 1.39. The van der Waals surface area contributed by atoms with E-state index in [0.717, 1.165) is 25.2 Å². The Labute approximate surface area is 224 Å². The summed E-state index contributed by atoms with van der Waals surface area (Å²) < 4.78 is 0.